The summed E-state index contributed by atoms with van der Waals surface area (Å²) < 4.78 is 102. The van der Waals surface area contributed by atoms with E-state index in [9.17, 15) is 27.2 Å². The standard InChI is InChI=1S/C38H44F2N6O5.C31H32ClN5O4.C7H13F2NO.C4H8O2.CH2O3.2Cs.H/c1-48-26-51-29-20-28-10-5-6-11-30(28)35(21-29)46-14-12-31-34(24-46)41-37(49-19-7-13-43-22-32(39)33(40)23-43)42-36(31)44-15-17-45(18-16-44)38(47)50-25-27-8-3-2-4-9-27;1-39-21-41-24-17-23-9-5-6-10-25(23)28(18-24)37-12-11-26-27(19-37)33-30(32)34-29(26)35-13-15-36(16-14-35)31(38)40-20-22-7-3-2-4-8-22;8-6-4-10(2-1-3-11)5-7(6)9;1-2-6-4-3-5-1;2-1-4-3;;;/h2-6,8-11,20-21,32-33H,7,12-19,22-26H2,1H3;2-10,17-18H,11-16,19-21H2,1H3;6-7,11H,1-5H2;1-4H2;1,3H;;;/q;;;;;2*+1;-1/p-1/t32-,33+;;6-,7+;;;;;. The Morgan fingerprint density at radius 2 is 0.948 bits per heavy atom. The molecule has 15 rings (SSSR count). The van der Waals surface area contributed by atoms with Crippen LogP contribution in [0.2, 0.25) is 5.28 Å². The second-order valence-electron chi connectivity index (χ2n) is 27.6. The molecule has 4 atom stereocenters. The topological polar surface area (TPSA) is 264 Å². The number of hydrogen-bond donors (Lipinski definition) is 1. The van der Waals surface area contributed by atoms with Crippen LogP contribution in [0.25, 0.3) is 21.5 Å². The summed E-state index contributed by atoms with van der Waals surface area (Å²) in [6, 6.07) is 44.3. The Balaban J connectivity index is 0.000000229. The summed E-state index contributed by atoms with van der Waals surface area (Å²) in [5.41, 5.74) is 8.01. The number of aliphatic hydroxyl groups excluding tert-OH is 1. The molecule has 0 unspecified atom stereocenters. The molecule has 27 nitrogen and oxygen atoms in total. The number of piperazine rings is 2. The van der Waals surface area contributed by atoms with Crippen molar-refractivity contribution in [3.05, 3.63) is 172 Å². The van der Waals surface area contributed by atoms with Crippen LogP contribution in [0.3, 0.4) is 0 Å². The minimum atomic E-state index is -1.43. The maximum absolute atomic E-state index is 13.7. The number of amides is 2. The molecule has 7 aliphatic rings. The van der Waals surface area contributed by atoms with Gasteiger partial charge in [-0.2, -0.15) is 9.97 Å². The van der Waals surface area contributed by atoms with Gasteiger partial charge in [0.15, 0.2) is 13.6 Å². The first-order chi connectivity index (χ1) is 55.2. The van der Waals surface area contributed by atoms with Gasteiger partial charge in [0, 0.05) is 171 Å². The van der Waals surface area contributed by atoms with Gasteiger partial charge in [0.1, 0.15) is 61.0 Å². The first-order valence-corrected chi connectivity index (χ1v) is 38.3. The number of fused-ring (bicyclic) bond motifs is 4. The molecule has 115 heavy (non-hydrogen) atoms. The number of halogens is 5. The van der Waals surface area contributed by atoms with Crippen LogP contribution < -0.4 is 177 Å². The largest absolute Gasteiger partial charge is 1.00 e. The number of carbonyl (C=O) groups is 3. The van der Waals surface area contributed by atoms with Crippen LogP contribution in [0.4, 0.5) is 50.2 Å². The maximum Gasteiger partial charge on any atom is 1.00 e. The smallest absolute Gasteiger partial charge is 1.00 e. The Hall–Kier alpha value is -5.60. The van der Waals surface area contributed by atoms with E-state index in [1.54, 1.807) is 33.8 Å². The van der Waals surface area contributed by atoms with Crippen LogP contribution in [0.1, 0.15) is 47.9 Å². The second-order valence-corrected chi connectivity index (χ2v) is 27.9. The normalized spacial score (nSPS) is 18.5. The van der Waals surface area contributed by atoms with Gasteiger partial charge in [0.05, 0.1) is 57.5 Å². The van der Waals surface area contributed by atoms with Gasteiger partial charge in [0.2, 0.25) is 5.28 Å². The number of alkyl halides is 4. The van der Waals surface area contributed by atoms with E-state index in [1.807, 2.05) is 103 Å². The summed E-state index contributed by atoms with van der Waals surface area (Å²) in [5.74, 6) is 3.15. The Bertz CT molecular complexity index is 4290. The van der Waals surface area contributed by atoms with Gasteiger partial charge in [-0.15, -0.1) is 0 Å². The van der Waals surface area contributed by atoms with E-state index < -0.39 is 24.7 Å². The van der Waals surface area contributed by atoms with Gasteiger partial charge >= 0.3 is 156 Å². The Labute approximate surface area is 791 Å². The number of carbonyl (C=O) groups excluding carboxylic acids is 3. The third kappa shape index (κ3) is 27.7. The van der Waals surface area contributed by atoms with Crippen molar-refractivity contribution in [2.45, 2.75) is 76.7 Å². The number of benzene rings is 6. The van der Waals surface area contributed by atoms with Crippen LogP contribution in [-0.2, 0) is 77.2 Å². The van der Waals surface area contributed by atoms with Crippen LogP contribution >= 0.6 is 11.6 Å². The molecule has 0 aliphatic carbocycles. The predicted molar refractivity (Wildman–Crippen MR) is 416 cm³/mol. The quantitative estimate of drug-likeness (QED) is 0.0182. The summed E-state index contributed by atoms with van der Waals surface area (Å²) in [7, 11) is 3.21. The van der Waals surface area contributed by atoms with Crippen LogP contribution in [-0.4, -0.2) is 260 Å². The van der Waals surface area contributed by atoms with E-state index in [4.69, 9.17) is 79.4 Å². The van der Waals surface area contributed by atoms with Crippen LogP contribution in [0.15, 0.2) is 133 Å². The van der Waals surface area contributed by atoms with Gasteiger partial charge < -0.3 is 88.7 Å². The number of likely N-dealkylation sites (tertiary alicyclic amines) is 2. The van der Waals surface area contributed by atoms with E-state index in [-0.39, 0.29) is 229 Å². The van der Waals surface area contributed by atoms with E-state index in [2.05, 4.69) is 64.8 Å². The van der Waals surface area contributed by atoms with Crippen molar-refractivity contribution >= 4 is 74.8 Å². The van der Waals surface area contributed by atoms with Gasteiger partial charge in [-0.1, -0.05) is 109 Å². The molecule has 2 amide bonds. The van der Waals surface area contributed by atoms with Crippen LogP contribution in [0, 0.1) is 0 Å². The zero-order valence-electron chi connectivity index (χ0n) is 66.6. The van der Waals surface area contributed by atoms with E-state index >= 15 is 0 Å². The molecule has 6 aromatic carbocycles. The molecule has 2 aromatic heterocycles. The molecule has 7 aliphatic heterocycles. The van der Waals surface area contributed by atoms with E-state index in [1.165, 1.54) is 0 Å². The zero-order chi connectivity index (χ0) is 79.3. The molecule has 0 bridgehead atoms. The summed E-state index contributed by atoms with van der Waals surface area (Å²) in [6.45, 7) is 13.1. The zero-order valence-corrected chi connectivity index (χ0v) is 79.0. The fourth-order valence-corrected chi connectivity index (χ4v) is 14.4. The van der Waals surface area contributed by atoms with Crippen molar-refractivity contribution in [1.82, 2.24) is 39.5 Å². The average Bonchev–Trinajstić information content (AvgIpc) is 1.01. The summed E-state index contributed by atoms with van der Waals surface area (Å²) in [5, 5.41) is 21.5. The third-order valence-corrected chi connectivity index (χ3v) is 20.1. The number of hydrogen-bond acceptors (Lipinski definition) is 25. The van der Waals surface area contributed by atoms with Crippen molar-refractivity contribution in [3.63, 3.8) is 0 Å². The summed E-state index contributed by atoms with van der Waals surface area (Å²) in [4.78, 5) is 71.9. The minimum absolute atomic E-state index is 0. The molecule has 0 radical (unpaired) electrons. The van der Waals surface area contributed by atoms with Crippen molar-refractivity contribution in [3.8, 4) is 17.5 Å². The number of aromatic nitrogens is 4. The molecule has 34 heteroatoms. The third-order valence-electron chi connectivity index (χ3n) is 19.9. The first-order valence-electron chi connectivity index (χ1n) is 38.0. The van der Waals surface area contributed by atoms with Gasteiger partial charge in [-0.3, -0.25) is 14.6 Å². The van der Waals surface area contributed by atoms with Gasteiger partial charge in [-0.25, -0.2) is 37.1 Å². The molecule has 8 aromatic rings. The summed E-state index contributed by atoms with van der Waals surface area (Å²) >= 11 is 6.46. The van der Waals surface area contributed by atoms with E-state index in [0.29, 0.717) is 104 Å². The number of ether oxygens (including phenoxy) is 9. The fourth-order valence-electron chi connectivity index (χ4n) is 14.2. The number of anilines is 4. The Kier molecular flexibility index (Phi) is 39.9. The Morgan fingerprint density at radius 1 is 0.539 bits per heavy atom. The SMILES string of the molecule is C1COCCO1.COCOc1cc(N2CCc3c(nc(Cl)nc3N3CCN(C(=O)OCc4ccccc4)CC3)C2)c2ccccc2c1.COCOc1cc(N2CCc3c(nc(OCCCN4C[C@@H](F)[C@@H](F)C4)nc3N3CCN(C(=O)OCc4ccccc4)CC3)C2)c2ccccc2c1.O=CO[O-].OCCCN1C[C@@H](F)[C@@H](F)C1.[Cs+].[Cs+].[H-]. The molecule has 5 saturated heterocycles. The van der Waals surface area contributed by atoms with Crippen LogP contribution in [0.5, 0.6) is 17.5 Å². The average molecular weight is 1860 g/mol. The molecule has 1 N–H and O–H groups in total. The summed E-state index contributed by atoms with van der Waals surface area (Å²) in [6.07, 6.45) is -3.47. The predicted octanol–water partition coefficient (Wildman–Crippen LogP) is 3.63. The molecule has 0 saturated carbocycles. The maximum atomic E-state index is 13.7. The minimum Gasteiger partial charge on any atom is -1.00 e. The molecular weight excluding hydrogens is 1760 g/mol. The number of rotatable bonds is 23. The number of methoxy groups -OCH3 is 2. The second kappa shape index (κ2) is 49.2. The van der Waals surface area contributed by atoms with Crippen molar-refractivity contribution in [1.29, 1.82) is 0 Å². The molecule has 5 fully saturated rings. The molecule has 0 spiro atoms. The first kappa shape index (κ1) is 93.3. The van der Waals surface area contributed by atoms with Crippen molar-refractivity contribution < 1.29 is 229 Å². The van der Waals surface area contributed by atoms with Gasteiger partial charge in [0.25, 0.3) is 6.47 Å². The Morgan fingerprint density at radius 3 is 1.37 bits per heavy atom. The van der Waals surface area contributed by atoms with Crippen molar-refractivity contribution in [2.24, 2.45) is 0 Å². The fraction of sp³-hybridized carbons (Fsp3) is 0.469. The van der Waals surface area contributed by atoms with Crippen molar-refractivity contribution in [2.75, 3.05) is 192 Å². The van der Waals surface area contributed by atoms with Gasteiger partial charge in [-0.05, 0) is 71.3 Å². The molecule has 9 heterocycles. The number of aliphatic hydroxyl groups is 1. The molecular formula is C81H99ClCs2F4N12O15. The van der Waals surface area contributed by atoms with E-state index in [0.717, 1.165) is 136 Å². The molecule has 610 valence electrons. The number of nitrogens with zero attached hydrogens (tertiary/aromatic N) is 12. The monoisotopic (exact) mass is 1860 g/mol.